The van der Waals surface area contributed by atoms with Gasteiger partial charge in [0.1, 0.15) is 0 Å². The summed E-state index contributed by atoms with van der Waals surface area (Å²) in [6.45, 7) is 3.12. The number of nitrogens with one attached hydrogen (secondary N) is 3. The Balaban J connectivity index is 2.04. The van der Waals surface area contributed by atoms with Crippen LogP contribution in [0.2, 0.25) is 0 Å². The molecular formula is C7H14N4. The molecule has 0 spiro atoms. The molecular weight excluding hydrogens is 140 g/mol. The maximum atomic E-state index is 3.33. The minimum Gasteiger partial charge on any atom is -0.309 e. The van der Waals surface area contributed by atoms with E-state index in [2.05, 4.69) is 27.1 Å². The van der Waals surface area contributed by atoms with Crippen LogP contribution in [0.1, 0.15) is 0 Å². The van der Waals surface area contributed by atoms with Gasteiger partial charge in [-0.3, -0.25) is 0 Å². The van der Waals surface area contributed by atoms with Crippen LogP contribution in [0.15, 0.2) is 11.8 Å². The molecule has 0 radical (unpaired) electrons. The fourth-order valence-corrected chi connectivity index (χ4v) is 1.49. The normalized spacial score (nSPS) is 30.1. The summed E-state index contributed by atoms with van der Waals surface area (Å²) in [6.07, 6.45) is 2.54. The van der Waals surface area contributed by atoms with Crippen molar-refractivity contribution in [2.45, 2.75) is 6.17 Å². The Morgan fingerprint density at radius 2 is 2.64 bits per heavy atom. The molecule has 2 heterocycles. The molecule has 1 saturated heterocycles. The zero-order valence-electron chi connectivity index (χ0n) is 6.72. The number of nitrogens with zero attached hydrogens (tertiary/aromatic N) is 1. The summed E-state index contributed by atoms with van der Waals surface area (Å²) in [6, 6.07) is 0. The summed E-state index contributed by atoms with van der Waals surface area (Å²) in [5.41, 5.74) is 4.69. The fourth-order valence-electron chi connectivity index (χ4n) is 1.49. The van der Waals surface area contributed by atoms with Crippen molar-refractivity contribution in [2.75, 3.05) is 26.7 Å². The van der Waals surface area contributed by atoms with Gasteiger partial charge in [0.15, 0.2) is 0 Å². The molecule has 2 aliphatic rings. The number of likely N-dealkylation sites (N-methyl/N-ethyl adjacent to an activating group) is 1. The zero-order valence-corrected chi connectivity index (χ0v) is 6.72. The van der Waals surface area contributed by atoms with Crippen LogP contribution in [0.5, 0.6) is 0 Å². The number of hydrogen-bond donors (Lipinski definition) is 3. The van der Waals surface area contributed by atoms with Crippen LogP contribution in [0.25, 0.3) is 0 Å². The number of hydrogen-bond acceptors (Lipinski definition) is 4. The Bertz CT molecular complexity index is 177. The van der Waals surface area contributed by atoms with E-state index < -0.39 is 0 Å². The van der Waals surface area contributed by atoms with Gasteiger partial charge in [0, 0.05) is 25.3 Å². The molecule has 0 aromatic carbocycles. The maximum Gasteiger partial charge on any atom is 0.0958 e. The van der Waals surface area contributed by atoms with E-state index in [1.54, 1.807) is 0 Å². The molecule has 0 aliphatic carbocycles. The van der Waals surface area contributed by atoms with Crippen molar-refractivity contribution in [3.05, 3.63) is 11.8 Å². The predicted molar refractivity (Wildman–Crippen MR) is 43.6 cm³/mol. The van der Waals surface area contributed by atoms with Gasteiger partial charge >= 0.3 is 0 Å². The molecule has 0 aromatic heterocycles. The molecule has 1 unspecified atom stereocenters. The summed E-state index contributed by atoms with van der Waals surface area (Å²) >= 11 is 0. The molecule has 1 fully saturated rings. The van der Waals surface area contributed by atoms with E-state index in [9.17, 15) is 0 Å². The summed E-state index contributed by atoms with van der Waals surface area (Å²) in [5.74, 6) is 0. The zero-order chi connectivity index (χ0) is 7.68. The Morgan fingerprint density at radius 1 is 1.73 bits per heavy atom. The molecule has 0 bridgehead atoms. The van der Waals surface area contributed by atoms with Crippen molar-refractivity contribution in [3.63, 3.8) is 0 Å². The third-order valence-corrected chi connectivity index (χ3v) is 2.13. The average molecular weight is 154 g/mol. The molecule has 62 valence electrons. The van der Waals surface area contributed by atoms with Crippen LogP contribution in [-0.2, 0) is 0 Å². The van der Waals surface area contributed by atoms with E-state index in [4.69, 9.17) is 0 Å². The topological polar surface area (TPSA) is 39.3 Å². The van der Waals surface area contributed by atoms with Crippen molar-refractivity contribution < 1.29 is 0 Å². The van der Waals surface area contributed by atoms with E-state index in [1.165, 1.54) is 5.70 Å². The monoisotopic (exact) mass is 154 g/mol. The first-order valence-corrected chi connectivity index (χ1v) is 4.02. The second-order valence-corrected chi connectivity index (χ2v) is 2.88. The third kappa shape index (κ3) is 1.24. The molecule has 0 amide bonds. The van der Waals surface area contributed by atoms with Gasteiger partial charge in [-0.25, -0.2) is 5.43 Å². The van der Waals surface area contributed by atoms with Crippen molar-refractivity contribution in [2.24, 2.45) is 0 Å². The largest absolute Gasteiger partial charge is 0.309 e. The molecule has 4 nitrogen and oxygen atoms in total. The first-order chi connectivity index (χ1) is 5.40. The molecule has 0 saturated carbocycles. The van der Waals surface area contributed by atoms with E-state index in [1.807, 2.05) is 7.05 Å². The standard InChI is InChI=1S/C7H14N4/c1-8-7-4-6-5-9-2-3-11(6)10-7/h4,7-10H,2-3,5H2,1H3. The van der Waals surface area contributed by atoms with Crippen LogP contribution in [0.3, 0.4) is 0 Å². The quantitative estimate of drug-likeness (QED) is 0.445. The number of piperazine rings is 1. The fraction of sp³-hybridized carbons (Fsp3) is 0.714. The minimum atomic E-state index is 0.324. The first-order valence-electron chi connectivity index (χ1n) is 4.02. The van der Waals surface area contributed by atoms with Gasteiger partial charge in [0.2, 0.25) is 0 Å². The third-order valence-electron chi connectivity index (χ3n) is 2.13. The highest BCUT2D eigenvalue weighted by atomic mass is 15.6. The lowest BCUT2D eigenvalue weighted by atomic mass is 10.3. The van der Waals surface area contributed by atoms with Crippen molar-refractivity contribution >= 4 is 0 Å². The highest BCUT2D eigenvalue weighted by Gasteiger charge is 2.22. The number of hydrazine groups is 1. The molecule has 4 heteroatoms. The Hall–Kier alpha value is -0.580. The predicted octanol–water partition coefficient (Wildman–Crippen LogP) is -1.16. The Morgan fingerprint density at radius 3 is 3.36 bits per heavy atom. The molecule has 11 heavy (non-hydrogen) atoms. The van der Waals surface area contributed by atoms with Gasteiger partial charge in [0.25, 0.3) is 0 Å². The van der Waals surface area contributed by atoms with Crippen LogP contribution < -0.4 is 16.1 Å². The maximum absolute atomic E-state index is 3.33. The lowest BCUT2D eigenvalue weighted by Crippen LogP contribution is -2.49. The highest BCUT2D eigenvalue weighted by molar-refractivity contribution is 5.13. The molecule has 3 N–H and O–H groups in total. The van der Waals surface area contributed by atoms with Crippen molar-refractivity contribution in [3.8, 4) is 0 Å². The van der Waals surface area contributed by atoms with Gasteiger partial charge in [0.05, 0.1) is 6.17 Å². The van der Waals surface area contributed by atoms with Gasteiger partial charge in [-0.05, 0) is 13.1 Å². The van der Waals surface area contributed by atoms with Crippen LogP contribution >= 0.6 is 0 Å². The molecule has 0 aromatic rings. The number of fused-ring (bicyclic) bond motifs is 1. The molecule has 1 atom stereocenters. The van der Waals surface area contributed by atoms with E-state index in [0.29, 0.717) is 6.17 Å². The lowest BCUT2D eigenvalue weighted by molar-refractivity contribution is 0.220. The van der Waals surface area contributed by atoms with E-state index in [0.717, 1.165) is 19.6 Å². The Labute approximate surface area is 66.6 Å². The molecule has 2 aliphatic heterocycles. The van der Waals surface area contributed by atoms with Gasteiger partial charge < -0.3 is 15.6 Å². The molecule has 2 rings (SSSR count). The highest BCUT2D eigenvalue weighted by Crippen LogP contribution is 2.11. The van der Waals surface area contributed by atoms with Gasteiger partial charge in [-0.1, -0.05) is 0 Å². The van der Waals surface area contributed by atoms with Crippen molar-refractivity contribution in [1.29, 1.82) is 0 Å². The summed E-state index contributed by atoms with van der Waals surface area (Å²) in [5, 5.41) is 8.69. The SMILES string of the molecule is CNC1C=C2CNCCN2N1. The van der Waals surface area contributed by atoms with Crippen LogP contribution in [-0.4, -0.2) is 37.9 Å². The first kappa shape index (κ1) is 7.09. The second kappa shape index (κ2) is 2.81. The summed E-state index contributed by atoms with van der Waals surface area (Å²) < 4.78 is 0. The van der Waals surface area contributed by atoms with Crippen LogP contribution in [0, 0.1) is 0 Å². The minimum absolute atomic E-state index is 0.324. The van der Waals surface area contributed by atoms with Gasteiger partial charge in [-0.15, -0.1) is 0 Å². The smallest absolute Gasteiger partial charge is 0.0958 e. The lowest BCUT2D eigenvalue weighted by Gasteiger charge is -2.28. The Kier molecular flexibility index (Phi) is 1.81. The average Bonchev–Trinajstić information content (AvgIpc) is 2.46. The number of rotatable bonds is 1. The van der Waals surface area contributed by atoms with Gasteiger partial charge in [-0.2, -0.15) is 0 Å². The van der Waals surface area contributed by atoms with E-state index in [-0.39, 0.29) is 0 Å². The summed E-state index contributed by atoms with van der Waals surface area (Å²) in [4.78, 5) is 0. The van der Waals surface area contributed by atoms with E-state index >= 15 is 0 Å². The van der Waals surface area contributed by atoms with Crippen molar-refractivity contribution in [1.82, 2.24) is 21.1 Å². The van der Waals surface area contributed by atoms with Crippen LogP contribution in [0.4, 0.5) is 0 Å². The second-order valence-electron chi connectivity index (χ2n) is 2.88. The summed E-state index contributed by atoms with van der Waals surface area (Å²) in [7, 11) is 1.96.